The summed E-state index contributed by atoms with van der Waals surface area (Å²) in [5.41, 5.74) is 1.14. The molecule has 72 valence electrons. The van der Waals surface area contributed by atoms with E-state index in [1.807, 2.05) is 7.05 Å². The van der Waals surface area contributed by atoms with Crippen LogP contribution in [0.5, 0.6) is 0 Å². The Labute approximate surface area is 105 Å². The molecule has 0 fully saturated rings. The van der Waals surface area contributed by atoms with Crippen LogP contribution < -0.4 is 5.32 Å². The lowest BCUT2D eigenvalue weighted by Crippen LogP contribution is -2.20. The molecule has 0 saturated carbocycles. The first-order valence-corrected chi connectivity index (χ1v) is 6.07. The van der Waals surface area contributed by atoms with E-state index in [0.29, 0.717) is 0 Å². The molecule has 0 bridgehead atoms. The molecule has 0 aliphatic rings. The van der Waals surface area contributed by atoms with Gasteiger partial charge in [0.1, 0.15) is 0 Å². The van der Waals surface area contributed by atoms with Crippen LogP contribution >= 0.6 is 45.2 Å². The van der Waals surface area contributed by atoms with Gasteiger partial charge in [-0.1, -0.05) is 0 Å². The third-order valence-corrected chi connectivity index (χ3v) is 3.06. The molecule has 0 saturated heterocycles. The molecule has 0 aromatic heterocycles. The summed E-state index contributed by atoms with van der Waals surface area (Å²) in [5.74, 6) is 0. The minimum absolute atomic E-state index is 0.0447. The Morgan fingerprint density at radius 1 is 1.31 bits per heavy atom. The molecule has 0 aliphatic carbocycles. The van der Waals surface area contributed by atoms with Gasteiger partial charge in [0.15, 0.2) is 0 Å². The quantitative estimate of drug-likeness (QED) is 0.759. The fourth-order valence-corrected chi connectivity index (χ4v) is 3.13. The van der Waals surface area contributed by atoms with Gasteiger partial charge >= 0.3 is 0 Å². The number of nitrogens with one attached hydrogen (secondary N) is 1. The monoisotopic (exact) mass is 403 g/mol. The number of aliphatic hydroxyl groups excluding tert-OH is 1. The SMILES string of the molecule is CN[C@H](CO)c1cc(I)cc(I)c1. The van der Waals surface area contributed by atoms with Crippen LogP contribution in [-0.4, -0.2) is 18.8 Å². The van der Waals surface area contributed by atoms with Crippen molar-refractivity contribution in [2.75, 3.05) is 13.7 Å². The number of hydrogen-bond donors (Lipinski definition) is 2. The molecule has 2 nitrogen and oxygen atoms in total. The second kappa shape index (κ2) is 5.47. The molecule has 0 unspecified atom stereocenters. The first-order valence-electron chi connectivity index (χ1n) is 3.91. The smallest absolute Gasteiger partial charge is 0.0626 e. The summed E-state index contributed by atoms with van der Waals surface area (Å²) in [6, 6.07) is 6.32. The lowest BCUT2D eigenvalue weighted by Gasteiger charge is -2.14. The Kier molecular flexibility index (Phi) is 4.91. The highest BCUT2D eigenvalue weighted by molar-refractivity contribution is 14.1. The topological polar surface area (TPSA) is 32.3 Å². The summed E-state index contributed by atoms with van der Waals surface area (Å²) < 4.78 is 2.40. The zero-order valence-corrected chi connectivity index (χ0v) is 11.5. The Morgan fingerprint density at radius 3 is 2.23 bits per heavy atom. The van der Waals surface area contributed by atoms with Gasteiger partial charge < -0.3 is 10.4 Å². The Hall–Kier alpha value is 0.600. The van der Waals surface area contributed by atoms with Crippen molar-refractivity contribution in [3.8, 4) is 0 Å². The van der Waals surface area contributed by atoms with Gasteiger partial charge in [-0.2, -0.15) is 0 Å². The third-order valence-electron chi connectivity index (χ3n) is 1.82. The van der Waals surface area contributed by atoms with Gasteiger partial charge in [-0.15, -0.1) is 0 Å². The zero-order chi connectivity index (χ0) is 9.84. The maximum atomic E-state index is 9.09. The van der Waals surface area contributed by atoms with Crippen LogP contribution in [0.25, 0.3) is 0 Å². The average Bonchev–Trinajstić information content (AvgIpc) is 2.04. The molecule has 2 N–H and O–H groups in total. The minimum Gasteiger partial charge on any atom is -0.394 e. The van der Waals surface area contributed by atoms with Gasteiger partial charge in [-0.25, -0.2) is 0 Å². The van der Waals surface area contributed by atoms with Crippen molar-refractivity contribution in [2.24, 2.45) is 0 Å². The van der Waals surface area contributed by atoms with Crippen molar-refractivity contribution in [1.29, 1.82) is 0 Å². The molecule has 0 radical (unpaired) electrons. The van der Waals surface area contributed by atoms with E-state index in [0.717, 1.165) is 5.56 Å². The molecular formula is C9H11I2NO. The molecule has 4 heteroatoms. The molecule has 1 atom stereocenters. The van der Waals surface area contributed by atoms with Gasteiger partial charge in [-0.05, 0) is 76.0 Å². The fraction of sp³-hybridized carbons (Fsp3) is 0.333. The first-order chi connectivity index (χ1) is 6.17. The highest BCUT2D eigenvalue weighted by Crippen LogP contribution is 2.19. The Morgan fingerprint density at radius 2 is 1.85 bits per heavy atom. The van der Waals surface area contributed by atoms with Crippen LogP contribution in [0.2, 0.25) is 0 Å². The maximum Gasteiger partial charge on any atom is 0.0626 e. The number of benzene rings is 1. The first kappa shape index (κ1) is 11.7. The Bertz CT molecular complexity index is 267. The number of likely N-dealkylation sites (N-methyl/N-ethyl adjacent to an activating group) is 1. The molecule has 0 spiro atoms. The van der Waals surface area contributed by atoms with E-state index in [2.05, 4.69) is 68.7 Å². The lowest BCUT2D eigenvalue weighted by molar-refractivity contribution is 0.251. The maximum absolute atomic E-state index is 9.09. The molecule has 0 heterocycles. The fourth-order valence-electron chi connectivity index (χ4n) is 1.14. The van der Waals surface area contributed by atoms with Crippen molar-refractivity contribution in [3.63, 3.8) is 0 Å². The van der Waals surface area contributed by atoms with E-state index in [-0.39, 0.29) is 12.6 Å². The minimum atomic E-state index is 0.0447. The van der Waals surface area contributed by atoms with Crippen molar-refractivity contribution in [2.45, 2.75) is 6.04 Å². The normalized spacial score (nSPS) is 12.9. The summed E-state index contributed by atoms with van der Waals surface area (Å²) in [7, 11) is 1.85. The largest absolute Gasteiger partial charge is 0.394 e. The van der Waals surface area contributed by atoms with Crippen LogP contribution in [0.4, 0.5) is 0 Å². The predicted molar refractivity (Wildman–Crippen MR) is 70.8 cm³/mol. The summed E-state index contributed by atoms with van der Waals surface area (Å²) >= 11 is 4.57. The number of rotatable bonds is 3. The van der Waals surface area contributed by atoms with Crippen molar-refractivity contribution < 1.29 is 5.11 Å². The van der Waals surface area contributed by atoms with Crippen LogP contribution in [0, 0.1) is 7.14 Å². The van der Waals surface area contributed by atoms with Gasteiger partial charge in [0.2, 0.25) is 0 Å². The van der Waals surface area contributed by atoms with E-state index >= 15 is 0 Å². The summed E-state index contributed by atoms with van der Waals surface area (Å²) in [5, 5.41) is 12.2. The van der Waals surface area contributed by atoms with Gasteiger partial charge in [-0.3, -0.25) is 0 Å². The van der Waals surface area contributed by atoms with E-state index in [9.17, 15) is 0 Å². The van der Waals surface area contributed by atoms with E-state index in [4.69, 9.17) is 5.11 Å². The number of hydrogen-bond acceptors (Lipinski definition) is 2. The highest BCUT2D eigenvalue weighted by Gasteiger charge is 2.08. The second-order valence-corrected chi connectivity index (χ2v) is 5.22. The average molecular weight is 403 g/mol. The second-order valence-electron chi connectivity index (χ2n) is 2.73. The van der Waals surface area contributed by atoms with Gasteiger partial charge in [0.05, 0.1) is 12.6 Å². The van der Waals surface area contributed by atoms with Crippen LogP contribution in [0.15, 0.2) is 18.2 Å². The molecule has 1 aromatic rings. The van der Waals surface area contributed by atoms with E-state index < -0.39 is 0 Å². The molecular weight excluding hydrogens is 392 g/mol. The van der Waals surface area contributed by atoms with E-state index in [1.54, 1.807) is 0 Å². The summed E-state index contributed by atoms with van der Waals surface area (Å²) in [6.45, 7) is 0.132. The van der Waals surface area contributed by atoms with Crippen LogP contribution in [-0.2, 0) is 0 Å². The third kappa shape index (κ3) is 3.34. The number of halogens is 2. The molecule has 13 heavy (non-hydrogen) atoms. The lowest BCUT2D eigenvalue weighted by atomic mass is 10.1. The predicted octanol–water partition coefficient (Wildman–Crippen LogP) is 2.15. The van der Waals surface area contributed by atoms with Gasteiger partial charge in [0, 0.05) is 7.14 Å². The molecule has 1 rings (SSSR count). The molecule has 0 amide bonds. The number of aliphatic hydroxyl groups is 1. The molecule has 0 aliphatic heterocycles. The van der Waals surface area contributed by atoms with Gasteiger partial charge in [0.25, 0.3) is 0 Å². The standard InChI is InChI=1S/C9H11I2NO/c1-12-9(5-13)6-2-7(10)4-8(11)3-6/h2-4,9,12-13H,5H2,1H3/t9-/m1/s1. The zero-order valence-electron chi connectivity index (χ0n) is 7.22. The van der Waals surface area contributed by atoms with Crippen molar-refractivity contribution in [3.05, 3.63) is 30.9 Å². The van der Waals surface area contributed by atoms with E-state index in [1.165, 1.54) is 7.14 Å². The Balaban J connectivity index is 2.99. The van der Waals surface area contributed by atoms with Crippen molar-refractivity contribution in [1.82, 2.24) is 5.32 Å². The van der Waals surface area contributed by atoms with Crippen molar-refractivity contribution >= 4 is 45.2 Å². The van der Waals surface area contributed by atoms with Crippen LogP contribution in [0.1, 0.15) is 11.6 Å². The summed E-state index contributed by atoms with van der Waals surface area (Å²) in [4.78, 5) is 0. The summed E-state index contributed by atoms with van der Waals surface area (Å²) in [6.07, 6.45) is 0. The molecule has 1 aromatic carbocycles. The highest BCUT2D eigenvalue weighted by atomic mass is 127. The van der Waals surface area contributed by atoms with Crippen LogP contribution in [0.3, 0.4) is 0 Å².